The third-order valence-electron chi connectivity index (χ3n) is 5.05. The van der Waals surface area contributed by atoms with Gasteiger partial charge in [0.15, 0.2) is 0 Å². The van der Waals surface area contributed by atoms with E-state index < -0.39 is 52.8 Å². The van der Waals surface area contributed by atoms with Crippen molar-refractivity contribution in [3.8, 4) is 6.07 Å². The topological polar surface area (TPSA) is 108 Å². The normalized spacial score (nSPS) is 17.9. The highest BCUT2D eigenvalue weighted by Crippen LogP contribution is 2.41. The van der Waals surface area contributed by atoms with Crippen molar-refractivity contribution in [2.75, 3.05) is 18.2 Å². The maximum atomic E-state index is 13.2. The SMILES string of the molecule is COC(=O)[C@@H]1C(=O)NC(SCC(=O)Nc2ccccc2C(F)(F)F)=C(C#N)[C@@H]1c1cccc(Br)c1. The summed E-state index contributed by atoms with van der Waals surface area (Å²) < 4.78 is 45.0. The predicted octanol–water partition coefficient (Wildman–Crippen LogP) is 4.58. The highest BCUT2D eigenvalue weighted by Gasteiger charge is 2.44. The molecule has 0 saturated carbocycles. The first-order chi connectivity index (χ1) is 16.6. The Morgan fingerprint density at radius 1 is 1.23 bits per heavy atom. The molecule has 182 valence electrons. The summed E-state index contributed by atoms with van der Waals surface area (Å²) in [6.45, 7) is 0. The average molecular weight is 568 g/mol. The largest absolute Gasteiger partial charge is 0.468 e. The van der Waals surface area contributed by atoms with Gasteiger partial charge in [0.1, 0.15) is 5.92 Å². The first kappa shape index (κ1) is 26.3. The number of hydrogen-bond donors (Lipinski definition) is 2. The molecular formula is C23H17BrF3N3O4S. The van der Waals surface area contributed by atoms with Crippen molar-refractivity contribution < 1.29 is 32.3 Å². The van der Waals surface area contributed by atoms with Crippen molar-refractivity contribution in [2.24, 2.45) is 5.92 Å². The fraction of sp³-hybridized carbons (Fsp3) is 0.217. The Kier molecular flexibility index (Phi) is 8.24. The lowest BCUT2D eigenvalue weighted by atomic mass is 9.78. The number of ether oxygens (including phenoxy) is 1. The van der Waals surface area contributed by atoms with Gasteiger partial charge in [-0.25, -0.2) is 0 Å². The number of carbonyl (C=O) groups is 3. The van der Waals surface area contributed by atoms with Gasteiger partial charge in [0, 0.05) is 10.4 Å². The van der Waals surface area contributed by atoms with Crippen LogP contribution in [0.2, 0.25) is 0 Å². The van der Waals surface area contributed by atoms with Crippen LogP contribution >= 0.6 is 27.7 Å². The van der Waals surface area contributed by atoms with E-state index >= 15 is 0 Å². The van der Waals surface area contributed by atoms with Crippen LogP contribution in [0.3, 0.4) is 0 Å². The van der Waals surface area contributed by atoms with E-state index in [0.717, 1.165) is 31.0 Å². The molecule has 2 aromatic rings. The molecule has 1 aliphatic rings. The number of alkyl halides is 3. The van der Waals surface area contributed by atoms with Crippen LogP contribution in [0, 0.1) is 17.2 Å². The van der Waals surface area contributed by atoms with E-state index in [-0.39, 0.29) is 10.6 Å². The minimum atomic E-state index is -4.66. The first-order valence-electron chi connectivity index (χ1n) is 9.94. The zero-order valence-electron chi connectivity index (χ0n) is 18.0. The number of esters is 1. The van der Waals surface area contributed by atoms with Crippen molar-refractivity contribution in [1.82, 2.24) is 5.32 Å². The minimum absolute atomic E-state index is 0.0200. The highest BCUT2D eigenvalue weighted by molar-refractivity contribution is 9.10. The van der Waals surface area contributed by atoms with Gasteiger partial charge in [0.25, 0.3) is 0 Å². The van der Waals surface area contributed by atoms with Gasteiger partial charge in [0.05, 0.1) is 40.8 Å². The van der Waals surface area contributed by atoms with Crippen molar-refractivity contribution in [3.05, 3.63) is 74.7 Å². The van der Waals surface area contributed by atoms with E-state index in [2.05, 4.69) is 26.6 Å². The number of methoxy groups -OCH3 is 1. The number of para-hydroxylation sites is 1. The lowest BCUT2D eigenvalue weighted by Crippen LogP contribution is -2.44. The average Bonchev–Trinajstić information content (AvgIpc) is 2.81. The molecule has 0 unspecified atom stereocenters. The molecule has 0 bridgehead atoms. The summed E-state index contributed by atoms with van der Waals surface area (Å²) in [5, 5.41) is 14.6. The minimum Gasteiger partial charge on any atom is -0.468 e. The Balaban J connectivity index is 1.90. The van der Waals surface area contributed by atoms with Gasteiger partial charge in [-0.2, -0.15) is 18.4 Å². The van der Waals surface area contributed by atoms with Crippen LogP contribution in [0.25, 0.3) is 0 Å². The second-order valence-corrected chi connectivity index (χ2v) is 9.16. The van der Waals surface area contributed by atoms with Gasteiger partial charge in [-0.3, -0.25) is 14.4 Å². The van der Waals surface area contributed by atoms with Gasteiger partial charge in [-0.15, -0.1) is 0 Å². The Labute approximate surface area is 210 Å². The van der Waals surface area contributed by atoms with Crippen LogP contribution in [0.15, 0.2) is 63.6 Å². The zero-order valence-corrected chi connectivity index (χ0v) is 20.4. The van der Waals surface area contributed by atoms with E-state index in [1.165, 1.54) is 12.1 Å². The molecule has 0 fully saturated rings. The third-order valence-corrected chi connectivity index (χ3v) is 6.56. The Bertz CT molecular complexity index is 1240. The van der Waals surface area contributed by atoms with E-state index in [1.807, 2.05) is 6.07 Å². The highest BCUT2D eigenvalue weighted by atomic mass is 79.9. The molecule has 7 nitrogen and oxygen atoms in total. The number of allylic oxidation sites excluding steroid dienone is 1. The quantitative estimate of drug-likeness (QED) is 0.391. The number of hydrogen-bond acceptors (Lipinski definition) is 6. The van der Waals surface area contributed by atoms with E-state index in [4.69, 9.17) is 4.74 Å². The third kappa shape index (κ3) is 6.04. The van der Waals surface area contributed by atoms with Crippen LogP contribution < -0.4 is 10.6 Å². The maximum absolute atomic E-state index is 13.2. The number of nitrogens with one attached hydrogen (secondary N) is 2. The molecule has 2 amide bonds. The predicted molar refractivity (Wildman–Crippen MR) is 126 cm³/mol. The molecule has 3 rings (SSSR count). The van der Waals surface area contributed by atoms with Gasteiger partial charge in [-0.05, 0) is 29.8 Å². The zero-order chi connectivity index (χ0) is 25.8. The monoisotopic (exact) mass is 567 g/mol. The summed E-state index contributed by atoms with van der Waals surface area (Å²) in [7, 11) is 1.12. The molecule has 2 aromatic carbocycles. The number of nitriles is 1. The number of benzene rings is 2. The smallest absolute Gasteiger partial charge is 0.418 e. The van der Waals surface area contributed by atoms with E-state index in [1.54, 1.807) is 24.3 Å². The fourth-order valence-electron chi connectivity index (χ4n) is 3.54. The summed E-state index contributed by atoms with van der Waals surface area (Å²) in [5.74, 6) is -5.09. The Hall–Kier alpha value is -3.30. The van der Waals surface area contributed by atoms with Gasteiger partial charge >= 0.3 is 12.1 Å². The van der Waals surface area contributed by atoms with Crippen LogP contribution in [0.5, 0.6) is 0 Å². The lowest BCUT2D eigenvalue weighted by Gasteiger charge is -2.31. The van der Waals surface area contributed by atoms with Gasteiger partial charge in [-0.1, -0.05) is 52.0 Å². The summed E-state index contributed by atoms with van der Waals surface area (Å²) in [4.78, 5) is 37.7. The standard InChI is InChI=1S/C23H17BrF3N3O4S/c1-34-22(33)19-18(12-5-4-6-13(24)9-12)14(10-28)21(30-20(19)32)35-11-17(31)29-16-8-3-2-7-15(16)23(25,26)27/h2-9,18-19H,11H2,1H3,(H,29,31)(H,30,32)/t18-,19-/m0/s1. The molecule has 0 saturated heterocycles. The molecule has 2 N–H and O–H groups in total. The van der Waals surface area contributed by atoms with Gasteiger partial charge in [0.2, 0.25) is 11.8 Å². The molecule has 0 aliphatic carbocycles. The number of thioether (sulfide) groups is 1. The summed E-state index contributed by atoms with van der Waals surface area (Å²) in [6.07, 6.45) is -4.66. The molecular weight excluding hydrogens is 551 g/mol. The number of amides is 2. The summed E-state index contributed by atoms with van der Waals surface area (Å²) in [6, 6.07) is 13.2. The molecule has 1 aliphatic heterocycles. The molecule has 1 heterocycles. The molecule has 0 radical (unpaired) electrons. The summed E-state index contributed by atoms with van der Waals surface area (Å²) in [5.41, 5.74) is -0.906. The molecule has 0 spiro atoms. The number of halogens is 4. The second kappa shape index (κ2) is 11.0. The molecule has 12 heteroatoms. The molecule has 0 aromatic heterocycles. The second-order valence-electron chi connectivity index (χ2n) is 7.26. The fourth-order valence-corrected chi connectivity index (χ4v) is 4.81. The van der Waals surface area contributed by atoms with Crippen molar-refractivity contribution >= 4 is 51.2 Å². The van der Waals surface area contributed by atoms with Gasteiger partial charge < -0.3 is 15.4 Å². The maximum Gasteiger partial charge on any atom is 0.418 e. The number of anilines is 1. The Morgan fingerprint density at radius 2 is 1.94 bits per heavy atom. The number of nitrogens with zero attached hydrogens (tertiary/aromatic N) is 1. The van der Waals surface area contributed by atoms with Crippen molar-refractivity contribution in [3.63, 3.8) is 0 Å². The van der Waals surface area contributed by atoms with Crippen LogP contribution in [-0.4, -0.2) is 30.6 Å². The molecule has 35 heavy (non-hydrogen) atoms. The van der Waals surface area contributed by atoms with Crippen molar-refractivity contribution in [2.45, 2.75) is 12.1 Å². The van der Waals surface area contributed by atoms with E-state index in [9.17, 15) is 32.8 Å². The first-order valence-corrected chi connectivity index (χ1v) is 11.7. The number of rotatable bonds is 6. The number of carbonyl (C=O) groups excluding carboxylic acids is 3. The summed E-state index contributed by atoms with van der Waals surface area (Å²) >= 11 is 4.09. The van der Waals surface area contributed by atoms with Crippen LogP contribution in [0.1, 0.15) is 17.0 Å². The van der Waals surface area contributed by atoms with E-state index in [0.29, 0.717) is 10.0 Å². The molecule has 2 atom stereocenters. The Morgan fingerprint density at radius 3 is 2.57 bits per heavy atom. The lowest BCUT2D eigenvalue weighted by molar-refractivity contribution is -0.150. The van der Waals surface area contributed by atoms with Crippen LogP contribution in [0.4, 0.5) is 18.9 Å². The van der Waals surface area contributed by atoms with Crippen LogP contribution in [-0.2, 0) is 25.3 Å². The van der Waals surface area contributed by atoms with Crippen molar-refractivity contribution in [1.29, 1.82) is 5.26 Å².